The fraction of sp³-hybridized carbons (Fsp3) is 1.00. The van der Waals surface area contributed by atoms with Gasteiger partial charge in [0.2, 0.25) is 7.37 Å². The summed E-state index contributed by atoms with van der Waals surface area (Å²) in [5.74, 6) is 0.910. The van der Waals surface area contributed by atoms with E-state index in [-0.39, 0.29) is 0 Å². The summed E-state index contributed by atoms with van der Waals surface area (Å²) in [4.78, 5) is 0. The predicted molar refractivity (Wildman–Crippen MR) is 58.6 cm³/mol. The second-order valence-electron chi connectivity index (χ2n) is 4.39. The Kier molecular flexibility index (Phi) is 5.91. The van der Waals surface area contributed by atoms with Crippen molar-refractivity contribution in [1.82, 2.24) is 0 Å². The molecular weight excluding hydrogens is 183 g/mol. The van der Waals surface area contributed by atoms with Gasteiger partial charge in [0.15, 0.2) is 0 Å². The van der Waals surface area contributed by atoms with Crippen LogP contribution >= 0.6 is 7.37 Å². The van der Waals surface area contributed by atoms with E-state index < -0.39 is 7.37 Å². The second kappa shape index (κ2) is 5.82. The molecule has 0 aliphatic heterocycles. The van der Waals surface area contributed by atoms with Gasteiger partial charge in [-0.25, -0.2) is 0 Å². The second-order valence-corrected chi connectivity index (χ2v) is 7.00. The van der Waals surface area contributed by atoms with Gasteiger partial charge >= 0.3 is 0 Å². The van der Waals surface area contributed by atoms with Crippen molar-refractivity contribution in [3.8, 4) is 0 Å². The molecule has 0 bridgehead atoms. The van der Waals surface area contributed by atoms with E-state index in [1.807, 2.05) is 6.92 Å². The highest BCUT2D eigenvalue weighted by molar-refractivity contribution is 7.59. The van der Waals surface area contributed by atoms with Crippen LogP contribution in [-0.4, -0.2) is 18.9 Å². The first-order valence-electron chi connectivity index (χ1n) is 5.12. The Morgan fingerprint density at radius 2 is 1.46 bits per heavy atom. The Balaban J connectivity index is 4.25. The molecule has 0 aromatic rings. The standard InChI is InChI=1S/C10H23O2P/c1-6-12-13(11,7-9(2)3)8-10(4)5/h9-10H,6-8H2,1-5H3. The first-order chi connectivity index (χ1) is 5.89. The zero-order valence-corrected chi connectivity index (χ0v) is 10.4. The van der Waals surface area contributed by atoms with Gasteiger partial charge in [0, 0.05) is 12.3 Å². The predicted octanol–water partition coefficient (Wildman–Crippen LogP) is 3.61. The van der Waals surface area contributed by atoms with Crippen LogP contribution in [0.15, 0.2) is 0 Å². The van der Waals surface area contributed by atoms with Gasteiger partial charge in [0.05, 0.1) is 6.61 Å². The SMILES string of the molecule is CCOP(=O)(CC(C)C)CC(C)C. The van der Waals surface area contributed by atoms with E-state index in [1.165, 1.54) is 0 Å². The molecule has 0 atom stereocenters. The minimum Gasteiger partial charge on any atom is -0.329 e. The molecule has 0 saturated carbocycles. The maximum atomic E-state index is 12.2. The molecule has 0 amide bonds. The summed E-state index contributed by atoms with van der Waals surface area (Å²) >= 11 is 0. The summed E-state index contributed by atoms with van der Waals surface area (Å²) in [5.41, 5.74) is 0. The minimum atomic E-state index is -2.33. The fourth-order valence-electron chi connectivity index (χ4n) is 1.53. The van der Waals surface area contributed by atoms with Crippen molar-refractivity contribution in [3.63, 3.8) is 0 Å². The van der Waals surface area contributed by atoms with E-state index in [2.05, 4.69) is 27.7 Å². The van der Waals surface area contributed by atoms with E-state index in [0.717, 1.165) is 12.3 Å². The maximum absolute atomic E-state index is 12.2. The number of hydrogen-bond acceptors (Lipinski definition) is 2. The van der Waals surface area contributed by atoms with Crippen molar-refractivity contribution in [2.75, 3.05) is 18.9 Å². The lowest BCUT2D eigenvalue weighted by Crippen LogP contribution is -2.08. The van der Waals surface area contributed by atoms with E-state index in [9.17, 15) is 4.57 Å². The van der Waals surface area contributed by atoms with E-state index in [1.54, 1.807) is 0 Å². The van der Waals surface area contributed by atoms with Crippen LogP contribution in [0.3, 0.4) is 0 Å². The highest BCUT2D eigenvalue weighted by Crippen LogP contribution is 2.49. The van der Waals surface area contributed by atoms with Crippen molar-refractivity contribution in [3.05, 3.63) is 0 Å². The van der Waals surface area contributed by atoms with Crippen molar-refractivity contribution in [1.29, 1.82) is 0 Å². The van der Waals surface area contributed by atoms with E-state index in [0.29, 0.717) is 18.4 Å². The van der Waals surface area contributed by atoms with Crippen LogP contribution in [0.4, 0.5) is 0 Å². The van der Waals surface area contributed by atoms with Crippen molar-refractivity contribution < 1.29 is 9.09 Å². The monoisotopic (exact) mass is 206 g/mol. The highest BCUT2D eigenvalue weighted by Gasteiger charge is 2.24. The molecule has 0 N–H and O–H groups in total. The smallest absolute Gasteiger partial charge is 0.203 e. The van der Waals surface area contributed by atoms with Gasteiger partial charge in [-0.1, -0.05) is 27.7 Å². The molecule has 0 radical (unpaired) electrons. The normalized spacial score (nSPS) is 12.8. The van der Waals surface area contributed by atoms with Gasteiger partial charge < -0.3 is 4.52 Å². The van der Waals surface area contributed by atoms with Gasteiger partial charge in [-0.3, -0.25) is 4.57 Å². The van der Waals surface area contributed by atoms with Crippen molar-refractivity contribution >= 4 is 7.37 Å². The topological polar surface area (TPSA) is 26.3 Å². The summed E-state index contributed by atoms with van der Waals surface area (Å²) in [6.07, 6.45) is 1.44. The third-order valence-corrected chi connectivity index (χ3v) is 4.95. The molecule has 0 aliphatic carbocycles. The molecule has 0 unspecified atom stereocenters. The Hall–Kier alpha value is 0.190. The first-order valence-corrected chi connectivity index (χ1v) is 7.11. The molecule has 3 heteroatoms. The van der Waals surface area contributed by atoms with Gasteiger partial charge in [-0.2, -0.15) is 0 Å². The molecule has 0 rings (SSSR count). The lowest BCUT2D eigenvalue weighted by Gasteiger charge is -2.21. The van der Waals surface area contributed by atoms with Crippen LogP contribution in [0.1, 0.15) is 34.6 Å². The Labute approximate surface area is 82.5 Å². The molecular formula is C10H23O2P. The van der Waals surface area contributed by atoms with Crippen LogP contribution < -0.4 is 0 Å². The highest BCUT2D eigenvalue weighted by atomic mass is 31.2. The quantitative estimate of drug-likeness (QED) is 0.620. The summed E-state index contributed by atoms with van der Waals surface area (Å²) in [5, 5.41) is 0. The van der Waals surface area contributed by atoms with Crippen LogP contribution in [0, 0.1) is 11.8 Å². The Morgan fingerprint density at radius 1 is 1.08 bits per heavy atom. The summed E-state index contributed by atoms with van der Waals surface area (Å²) in [6.45, 7) is 10.8. The molecule has 0 saturated heterocycles. The van der Waals surface area contributed by atoms with Gasteiger partial charge in [0.25, 0.3) is 0 Å². The molecule has 0 spiro atoms. The largest absolute Gasteiger partial charge is 0.329 e. The molecule has 80 valence electrons. The third-order valence-electron chi connectivity index (χ3n) is 1.65. The summed E-state index contributed by atoms with van der Waals surface area (Å²) in [6, 6.07) is 0. The molecule has 13 heavy (non-hydrogen) atoms. The molecule has 0 aliphatic rings. The van der Waals surface area contributed by atoms with Crippen molar-refractivity contribution in [2.45, 2.75) is 34.6 Å². The molecule has 0 fully saturated rings. The van der Waals surface area contributed by atoms with E-state index in [4.69, 9.17) is 4.52 Å². The summed E-state index contributed by atoms with van der Waals surface area (Å²) < 4.78 is 17.6. The van der Waals surface area contributed by atoms with Crippen LogP contribution in [0.5, 0.6) is 0 Å². The number of hydrogen-bond donors (Lipinski definition) is 0. The zero-order chi connectivity index (χ0) is 10.5. The fourth-order valence-corrected chi connectivity index (χ4v) is 4.58. The van der Waals surface area contributed by atoms with Gasteiger partial charge in [-0.15, -0.1) is 0 Å². The molecule has 0 heterocycles. The van der Waals surface area contributed by atoms with Crippen molar-refractivity contribution in [2.24, 2.45) is 11.8 Å². The minimum absolute atomic E-state index is 0.455. The van der Waals surface area contributed by atoms with Crippen LogP contribution in [-0.2, 0) is 9.09 Å². The van der Waals surface area contributed by atoms with Gasteiger partial charge in [-0.05, 0) is 18.8 Å². The molecule has 2 nitrogen and oxygen atoms in total. The Morgan fingerprint density at radius 3 is 1.69 bits per heavy atom. The third kappa shape index (κ3) is 6.29. The van der Waals surface area contributed by atoms with Gasteiger partial charge in [0.1, 0.15) is 0 Å². The van der Waals surface area contributed by atoms with E-state index >= 15 is 0 Å². The van der Waals surface area contributed by atoms with Crippen LogP contribution in [0.2, 0.25) is 0 Å². The average molecular weight is 206 g/mol. The molecule has 0 aromatic carbocycles. The zero-order valence-electron chi connectivity index (χ0n) is 9.54. The summed E-state index contributed by atoms with van der Waals surface area (Å²) in [7, 11) is -2.33. The molecule has 0 aromatic heterocycles. The maximum Gasteiger partial charge on any atom is 0.203 e. The Bertz CT molecular complexity index is 162. The first kappa shape index (κ1) is 13.2. The average Bonchev–Trinajstić information content (AvgIpc) is 1.81. The van der Waals surface area contributed by atoms with Crippen LogP contribution in [0.25, 0.3) is 0 Å². The lowest BCUT2D eigenvalue weighted by molar-refractivity contribution is 0.326. The lowest BCUT2D eigenvalue weighted by atomic mass is 10.3. The number of rotatable bonds is 6.